The van der Waals surface area contributed by atoms with E-state index in [1.54, 1.807) is 0 Å². The van der Waals surface area contributed by atoms with Gasteiger partial charge >= 0.3 is 0 Å². The van der Waals surface area contributed by atoms with Crippen molar-refractivity contribution in [2.24, 2.45) is 0 Å². The van der Waals surface area contributed by atoms with Crippen LogP contribution in [0.4, 0.5) is 0 Å². The molecule has 76 valence electrons. The zero-order chi connectivity index (χ0) is 8.74. The van der Waals surface area contributed by atoms with Crippen LogP contribution in [0.3, 0.4) is 0 Å². The number of hydrogen-bond donors (Lipinski definition) is 0. The van der Waals surface area contributed by atoms with Crippen molar-refractivity contribution in [3.05, 3.63) is 0 Å². The highest BCUT2D eigenvalue weighted by Crippen LogP contribution is 2.08. The molecule has 0 aromatic heterocycles. The van der Waals surface area contributed by atoms with Crippen LogP contribution in [0.5, 0.6) is 0 Å². The van der Waals surface area contributed by atoms with E-state index in [0.717, 1.165) is 0 Å². The number of hydrogen-bond acceptors (Lipinski definition) is 0. The molecular formula is C10H24IN. The molecule has 0 heterocycles. The monoisotopic (exact) mass is 285 g/mol. The zero-order valence-corrected chi connectivity index (χ0v) is 11.2. The molecule has 0 radical (unpaired) electrons. The normalized spacial score (nSPS) is 11.0. The maximum Gasteiger partial charge on any atom is 0.0783 e. The van der Waals surface area contributed by atoms with Crippen LogP contribution in [0.2, 0.25) is 0 Å². The molecule has 1 nitrogen and oxygen atoms in total. The molecule has 0 atom stereocenters. The van der Waals surface area contributed by atoms with Gasteiger partial charge in [0.05, 0.1) is 26.2 Å². The summed E-state index contributed by atoms with van der Waals surface area (Å²) >= 11 is 0. The Balaban J connectivity index is 0. The first-order valence-electron chi connectivity index (χ1n) is 5.09. The second kappa shape index (κ2) is 8.30. The second-order valence-electron chi connectivity index (χ2n) is 3.42. The lowest BCUT2D eigenvalue weighted by Crippen LogP contribution is -3.00. The minimum Gasteiger partial charge on any atom is -1.00 e. The van der Waals surface area contributed by atoms with Gasteiger partial charge < -0.3 is 28.5 Å². The molecule has 0 saturated carbocycles. The van der Waals surface area contributed by atoms with E-state index in [9.17, 15) is 0 Å². The Labute approximate surface area is 95.1 Å². The molecule has 0 aliphatic heterocycles. The summed E-state index contributed by atoms with van der Waals surface area (Å²) in [6, 6.07) is 0. The molecule has 0 aromatic carbocycles. The highest BCUT2D eigenvalue weighted by Gasteiger charge is 2.19. The van der Waals surface area contributed by atoms with Gasteiger partial charge in [-0.05, 0) is 26.7 Å². The summed E-state index contributed by atoms with van der Waals surface area (Å²) in [6.45, 7) is 14.5. The summed E-state index contributed by atoms with van der Waals surface area (Å²) in [5, 5.41) is 0. The van der Waals surface area contributed by atoms with Gasteiger partial charge in [-0.1, -0.05) is 13.8 Å². The molecular weight excluding hydrogens is 261 g/mol. The van der Waals surface area contributed by atoms with E-state index in [-0.39, 0.29) is 24.0 Å². The molecule has 12 heavy (non-hydrogen) atoms. The first kappa shape index (κ1) is 15.2. The maximum atomic E-state index is 2.31. The predicted molar refractivity (Wildman–Crippen MR) is 51.7 cm³/mol. The molecule has 0 spiro atoms. The van der Waals surface area contributed by atoms with Crippen LogP contribution >= 0.6 is 0 Å². The second-order valence-corrected chi connectivity index (χ2v) is 3.42. The van der Waals surface area contributed by atoms with Crippen LogP contribution < -0.4 is 24.0 Å². The van der Waals surface area contributed by atoms with E-state index >= 15 is 0 Å². The van der Waals surface area contributed by atoms with Gasteiger partial charge in [-0.25, -0.2) is 0 Å². The minimum atomic E-state index is 0. The summed E-state index contributed by atoms with van der Waals surface area (Å²) < 4.78 is 1.33. The number of halogens is 1. The number of rotatable bonds is 6. The van der Waals surface area contributed by atoms with Crippen molar-refractivity contribution in [2.75, 3.05) is 26.2 Å². The lowest BCUT2D eigenvalue weighted by Gasteiger charge is -2.36. The number of nitrogens with zero attached hydrogens (tertiary/aromatic N) is 1. The van der Waals surface area contributed by atoms with Gasteiger partial charge in [0, 0.05) is 0 Å². The zero-order valence-electron chi connectivity index (χ0n) is 9.07. The van der Waals surface area contributed by atoms with Crippen molar-refractivity contribution in [1.29, 1.82) is 0 Å². The van der Waals surface area contributed by atoms with Crippen LogP contribution in [-0.2, 0) is 0 Å². The van der Waals surface area contributed by atoms with E-state index in [0.29, 0.717) is 0 Å². The molecule has 0 saturated heterocycles. The van der Waals surface area contributed by atoms with Crippen molar-refractivity contribution in [2.45, 2.75) is 40.5 Å². The molecule has 2 heteroatoms. The van der Waals surface area contributed by atoms with Gasteiger partial charge in [-0.2, -0.15) is 0 Å². The molecule has 0 bridgehead atoms. The summed E-state index contributed by atoms with van der Waals surface area (Å²) in [7, 11) is 0. The fourth-order valence-electron chi connectivity index (χ4n) is 1.92. The smallest absolute Gasteiger partial charge is 0.0783 e. The third-order valence-corrected chi connectivity index (χ3v) is 2.74. The van der Waals surface area contributed by atoms with E-state index in [1.165, 1.54) is 43.5 Å². The van der Waals surface area contributed by atoms with Crippen LogP contribution in [0, 0.1) is 0 Å². The predicted octanol–water partition coefficient (Wildman–Crippen LogP) is -0.333. The van der Waals surface area contributed by atoms with E-state index in [4.69, 9.17) is 0 Å². The van der Waals surface area contributed by atoms with Crippen molar-refractivity contribution < 1.29 is 28.5 Å². The SMILES string of the molecule is CCC[N+](CC)(CC)CCC.[I-]. The Bertz CT molecular complexity index is 81.8. The molecule has 0 rings (SSSR count). The molecule has 0 amide bonds. The van der Waals surface area contributed by atoms with Crippen molar-refractivity contribution in [1.82, 2.24) is 0 Å². The lowest BCUT2D eigenvalue weighted by atomic mass is 10.2. The fourth-order valence-corrected chi connectivity index (χ4v) is 1.92. The Hall–Kier alpha value is 0.690. The molecule has 0 aromatic rings. The van der Waals surface area contributed by atoms with Gasteiger partial charge in [0.2, 0.25) is 0 Å². The largest absolute Gasteiger partial charge is 1.00 e. The van der Waals surface area contributed by atoms with Crippen molar-refractivity contribution in [3.8, 4) is 0 Å². The van der Waals surface area contributed by atoms with Crippen LogP contribution in [0.15, 0.2) is 0 Å². The van der Waals surface area contributed by atoms with E-state index in [1.807, 2.05) is 0 Å². The van der Waals surface area contributed by atoms with Gasteiger partial charge in [0.15, 0.2) is 0 Å². The number of quaternary nitrogens is 1. The Morgan fingerprint density at radius 2 is 1.08 bits per heavy atom. The fraction of sp³-hybridized carbons (Fsp3) is 1.00. The Morgan fingerprint density at radius 3 is 1.25 bits per heavy atom. The summed E-state index contributed by atoms with van der Waals surface area (Å²) in [5.74, 6) is 0. The van der Waals surface area contributed by atoms with Gasteiger partial charge in [-0.15, -0.1) is 0 Å². The van der Waals surface area contributed by atoms with Gasteiger partial charge in [0.1, 0.15) is 0 Å². The third-order valence-electron chi connectivity index (χ3n) is 2.74. The molecule has 0 fully saturated rings. The Kier molecular flexibility index (Phi) is 10.5. The maximum absolute atomic E-state index is 2.31. The first-order chi connectivity index (χ1) is 5.24. The molecule has 0 N–H and O–H groups in total. The highest BCUT2D eigenvalue weighted by molar-refractivity contribution is 4.38. The van der Waals surface area contributed by atoms with Gasteiger partial charge in [0.25, 0.3) is 0 Å². The minimum absolute atomic E-state index is 0. The molecule has 0 aliphatic carbocycles. The summed E-state index contributed by atoms with van der Waals surface area (Å²) in [4.78, 5) is 0. The van der Waals surface area contributed by atoms with Crippen LogP contribution in [-0.4, -0.2) is 30.7 Å². The standard InChI is InChI=1S/C10H24N.HI/c1-5-9-11(7-3,8-4)10-6-2;/h5-10H2,1-4H3;1H/q+1;/p-1. The van der Waals surface area contributed by atoms with E-state index < -0.39 is 0 Å². The third kappa shape index (κ3) is 4.65. The van der Waals surface area contributed by atoms with Crippen LogP contribution in [0.25, 0.3) is 0 Å². The van der Waals surface area contributed by atoms with Crippen molar-refractivity contribution >= 4 is 0 Å². The van der Waals surface area contributed by atoms with Crippen molar-refractivity contribution in [3.63, 3.8) is 0 Å². The first-order valence-corrected chi connectivity index (χ1v) is 5.09. The molecule has 0 aliphatic rings. The molecule has 0 unspecified atom stereocenters. The summed E-state index contributed by atoms with van der Waals surface area (Å²) in [5.41, 5.74) is 0. The van der Waals surface area contributed by atoms with Gasteiger partial charge in [-0.3, -0.25) is 0 Å². The quantitative estimate of drug-likeness (QED) is 0.463. The highest BCUT2D eigenvalue weighted by atomic mass is 127. The average molecular weight is 285 g/mol. The van der Waals surface area contributed by atoms with Crippen LogP contribution in [0.1, 0.15) is 40.5 Å². The topological polar surface area (TPSA) is 0 Å². The van der Waals surface area contributed by atoms with E-state index in [2.05, 4.69) is 27.7 Å². The lowest BCUT2D eigenvalue weighted by molar-refractivity contribution is -0.925. The average Bonchev–Trinajstić information content (AvgIpc) is 2.04. The summed E-state index contributed by atoms with van der Waals surface area (Å²) in [6.07, 6.45) is 2.64. The Morgan fingerprint density at radius 1 is 0.750 bits per heavy atom.